The Morgan fingerprint density at radius 1 is 0.500 bits per heavy atom. The Labute approximate surface area is 265 Å². The van der Waals surface area contributed by atoms with Gasteiger partial charge in [0.05, 0.1) is 27.8 Å². The average Bonchev–Trinajstić information content (AvgIpc) is 3.66. The van der Waals surface area contributed by atoms with Crippen LogP contribution >= 0.6 is 0 Å². The third-order valence-electron chi connectivity index (χ3n) is 8.85. The summed E-state index contributed by atoms with van der Waals surface area (Å²) >= 11 is 0. The number of halogens is 1. The van der Waals surface area contributed by atoms with E-state index in [0.717, 1.165) is 77.6 Å². The lowest BCUT2D eigenvalue weighted by Gasteiger charge is -2.28. The fourth-order valence-electron chi connectivity index (χ4n) is 6.85. The van der Waals surface area contributed by atoms with Crippen LogP contribution in [-0.2, 0) is 0 Å². The van der Waals surface area contributed by atoms with Crippen molar-refractivity contribution >= 4 is 60.8 Å². The summed E-state index contributed by atoms with van der Waals surface area (Å²) in [5, 5.41) is 4.38. The molecular formula is C42H27FN2O. The van der Waals surface area contributed by atoms with E-state index in [9.17, 15) is 4.39 Å². The normalized spacial score (nSPS) is 11.6. The van der Waals surface area contributed by atoms with Crippen molar-refractivity contribution in [1.29, 1.82) is 0 Å². The lowest BCUT2D eigenvalue weighted by molar-refractivity contribution is 0.627. The predicted octanol–water partition coefficient (Wildman–Crippen LogP) is 12.0. The van der Waals surface area contributed by atoms with Crippen molar-refractivity contribution in [3.05, 3.63) is 170 Å². The van der Waals surface area contributed by atoms with Crippen LogP contribution in [0.25, 0.3) is 60.6 Å². The first-order valence-electron chi connectivity index (χ1n) is 15.4. The second-order valence-corrected chi connectivity index (χ2v) is 11.5. The number of hydrogen-bond donors (Lipinski definition) is 0. The zero-order chi connectivity index (χ0) is 30.6. The standard InChI is InChI=1S/C42H27FN2O/c43-29-21-23-30(24-22-29)44-37-17-8-5-14-33(37)35-27-31(25-26-38(35)44)45(36-16-7-4-13-32(36)28-11-2-1-3-12-28)39-18-10-20-41-42(39)34-15-6-9-19-40(34)46-41/h1-27H. The highest BCUT2D eigenvalue weighted by Gasteiger charge is 2.23. The van der Waals surface area contributed by atoms with Gasteiger partial charge in [0.2, 0.25) is 0 Å². The van der Waals surface area contributed by atoms with Crippen molar-refractivity contribution in [2.75, 3.05) is 4.90 Å². The third-order valence-corrected chi connectivity index (χ3v) is 8.85. The van der Waals surface area contributed by atoms with E-state index in [1.807, 2.05) is 36.4 Å². The molecule has 9 aromatic rings. The summed E-state index contributed by atoms with van der Waals surface area (Å²) in [6.07, 6.45) is 0. The van der Waals surface area contributed by atoms with Crippen LogP contribution in [0.5, 0.6) is 0 Å². The van der Waals surface area contributed by atoms with E-state index in [1.54, 1.807) is 0 Å². The van der Waals surface area contributed by atoms with Crippen molar-refractivity contribution in [2.24, 2.45) is 0 Å². The number of anilines is 3. The lowest BCUT2D eigenvalue weighted by atomic mass is 10.0. The van der Waals surface area contributed by atoms with Crippen LogP contribution in [0.15, 0.2) is 168 Å². The summed E-state index contributed by atoms with van der Waals surface area (Å²) in [6, 6.07) is 55.4. The summed E-state index contributed by atoms with van der Waals surface area (Å²) in [4.78, 5) is 2.36. The highest BCUT2D eigenvalue weighted by Crippen LogP contribution is 2.47. The maximum Gasteiger partial charge on any atom is 0.137 e. The summed E-state index contributed by atoms with van der Waals surface area (Å²) in [5.41, 5.74) is 10.1. The molecule has 0 N–H and O–H groups in total. The molecule has 0 spiro atoms. The first-order chi connectivity index (χ1) is 22.7. The summed E-state index contributed by atoms with van der Waals surface area (Å²) < 4.78 is 22.5. The van der Waals surface area contributed by atoms with Crippen molar-refractivity contribution in [3.8, 4) is 16.8 Å². The Hall–Kier alpha value is -6.13. The first-order valence-corrected chi connectivity index (χ1v) is 15.4. The molecule has 0 bridgehead atoms. The highest BCUT2D eigenvalue weighted by molar-refractivity contribution is 6.15. The summed E-state index contributed by atoms with van der Waals surface area (Å²) in [5.74, 6) is -0.250. The van der Waals surface area contributed by atoms with Crippen molar-refractivity contribution in [2.45, 2.75) is 0 Å². The van der Waals surface area contributed by atoms with Gasteiger partial charge in [-0.05, 0) is 78.4 Å². The van der Waals surface area contributed by atoms with Crippen LogP contribution in [0.2, 0.25) is 0 Å². The van der Waals surface area contributed by atoms with Gasteiger partial charge in [-0.3, -0.25) is 0 Å². The third kappa shape index (κ3) is 4.11. The summed E-state index contributed by atoms with van der Waals surface area (Å²) in [6.45, 7) is 0. The molecule has 218 valence electrons. The molecule has 2 aromatic heterocycles. The molecular weight excluding hydrogens is 567 g/mol. The van der Waals surface area contributed by atoms with Crippen LogP contribution in [0.4, 0.5) is 21.5 Å². The molecule has 0 radical (unpaired) electrons. The Balaban J connectivity index is 1.36. The average molecular weight is 595 g/mol. The molecule has 0 aliphatic carbocycles. The summed E-state index contributed by atoms with van der Waals surface area (Å²) in [7, 11) is 0. The van der Waals surface area contributed by atoms with E-state index >= 15 is 0 Å². The Morgan fingerprint density at radius 2 is 1.17 bits per heavy atom. The van der Waals surface area contributed by atoms with Gasteiger partial charge in [0.15, 0.2) is 0 Å². The molecule has 0 aliphatic rings. The lowest BCUT2D eigenvalue weighted by Crippen LogP contribution is -2.11. The van der Waals surface area contributed by atoms with Crippen LogP contribution in [0.1, 0.15) is 0 Å². The smallest absolute Gasteiger partial charge is 0.137 e. The number of rotatable bonds is 5. The van der Waals surface area contributed by atoms with Gasteiger partial charge in [-0.25, -0.2) is 4.39 Å². The van der Waals surface area contributed by atoms with E-state index in [-0.39, 0.29) is 5.82 Å². The minimum absolute atomic E-state index is 0.250. The number of para-hydroxylation sites is 3. The second kappa shape index (κ2) is 10.5. The molecule has 0 unspecified atom stereocenters. The fourth-order valence-corrected chi connectivity index (χ4v) is 6.85. The number of nitrogens with zero attached hydrogens (tertiary/aromatic N) is 2. The molecule has 2 heterocycles. The molecule has 0 atom stereocenters. The van der Waals surface area contributed by atoms with Gasteiger partial charge >= 0.3 is 0 Å². The quantitative estimate of drug-likeness (QED) is 0.198. The van der Waals surface area contributed by atoms with Crippen LogP contribution < -0.4 is 4.90 Å². The van der Waals surface area contributed by atoms with Gasteiger partial charge in [-0.15, -0.1) is 0 Å². The Kier molecular flexibility index (Phi) is 6.00. The molecule has 0 saturated carbocycles. The van der Waals surface area contributed by atoms with Crippen LogP contribution in [-0.4, -0.2) is 4.57 Å². The monoisotopic (exact) mass is 594 g/mol. The molecule has 4 heteroatoms. The topological polar surface area (TPSA) is 21.3 Å². The van der Waals surface area contributed by atoms with Crippen molar-refractivity contribution in [1.82, 2.24) is 4.57 Å². The van der Waals surface area contributed by atoms with E-state index < -0.39 is 0 Å². The van der Waals surface area contributed by atoms with E-state index in [4.69, 9.17) is 4.42 Å². The number of hydrogen-bond acceptors (Lipinski definition) is 2. The number of aromatic nitrogens is 1. The molecule has 0 saturated heterocycles. The largest absolute Gasteiger partial charge is 0.456 e. The minimum atomic E-state index is -0.250. The molecule has 0 aliphatic heterocycles. The van der Waals surface area contributed by atoms with Gasteiger partial charge in [-0.2, -0.15) is 0 Å². The van der Waals surface area contributed by atoms with E-state index in [2.05, 4.69) is 125 Å². The molecule has 46 heavy (non-hydrogen) atoms. The second-order valence-electron chi connectivity index (χ2n) is 11.5. The van der Waals surface area contributed by atoms with Crippen LogP contribution in [0, 0.1) is 5.82 Å². The van der Waals surface area contributed by atoms with Crippen LogP contribution in [0.3, 0.4) is 0 Å². The molecule has 0 fully saturated rings. The van der Waals surface area contributed by atoms with Gasteiger partial charge in [-0.1, -0.05) is 91.0 Å². The number of fused-ring (bicyclic) bond motifs is 6. The maximum absolute atomic E-state index is 13.9. The van der Waals surface area contributed by atoms with Gasteiger partial charge < -0.3 is 13.9 Å². The number of furan rings is 1. The van der Waals surface area contributed by atoms with Crippen molar-refractivity contribution in [3.63, 3.8) is 0 Å². The Bertz CT molecular complexity index is 2540. The molecule has 0 amide bonds. The van der Waals surface area contributed by atoms with Gasteiger partial charge in [0.1, 0.15) is 17.0 Å². The maximum atomic E-state index is 13.9. The first kappa shape index (κ1) is 26.3. The zero-order valence-corrected chi connectivity index (χ0v) is 24.8. The van der Waals surface area contributed by atoms with E-state index in [1.165, 1.54) is 12.1 Å². The molecule has 3 nitrogen and oxygen atoms in total. The van der Waals surface area contributed by atoms with Gasteiger partial charge in [0, 0.05) is 33.1 Å². The molecule has 9 rings (SSSR count). The van der Waals surface area contributed by atoms with E-state index in [0.29, 0.717) is 0 Å². The zero-order valence-electron chi connectivity index (χ0n) is 24.8. The minimum Gasteiger partial charge on any atom is -0.456 e. The number of benzene rings is 7. The molecule has 7 aromatic carbocycles. The van der Waals surface area contributed by atoms with Crippen molar-refractivity contribution < 1.29 is 8.81 Å². The predicted molar refractivity (Wildman–Crippen MR) is 188 cm³/mol. The van der Waals surface area contributed by atoms with Gasteiger partial charge in [0.25, 0.3) is 0 Å². The highest BCUT2D eigenvalue weighted by atomic mass is 19.1. The SMILES string of the molecule is Fc1ccc(-n2c3ccccc3c3cc(N(c4ccccc4-c4ccccc4)c4cccc5oc6ccccc6c45)ccc32)cc1. The fraction of sp³-hybridized carbons (Fsp3) is 0. The Morgan fingerprint density at radius 3 is 2.04 bits per heavy atom.